The zero-order valence-electron chi connectivity index (χ0n) is 22.2. The highest BCUT2D eigenvalue weighted by atomic mass is 16.5. The lowest BCUT2D eigenvalue weighted by Crippen LogP contribution is -2.59. The minimum absolute atomic E-state index is 0.128. The number of carbonyl (C=O) groups is 3. The zero-order chi connectivity index (χ0) is 25.8. The first-order valence-electron chi connectivity index (χ1n) is 13.6. The van der Waals surface area contributed by atoms with Gasteiger partial charge in [0, 0.05) is 44.6 Å². The molecule has 4 heterocycles. The second kappa shape index (κ2) is 11.8. The van der Waals surface area contributed by atoms with E-state index in [1.165, 1.54) is 13.4 Å². The maximum absolute atomic E-state index is 13.5. The Morgan fingerprint density at radius 2 is 2.03 bits per heavy atom. The molecule has 1 aromatic rings. The van der Waals surface area contributed by atoms with Crippen LogP contribution in [0.4, 0.5) is 0 Å². The molecule has 9 nitrogen and oxygen atoms in total. The Kier molecular flexibility index (Phi) is 8.70. The van der Waals surface area contributed by atoms with E-state index in [1.807, 2.05) is 0 Å². The zero-order valence-corrected chi connectivity index (χ0v) is 22.2. The molecule has 36 heavy (non-hydrogen) atoms. The molecule has 2 amide bonds. The molecule has 3 aliphatic heterocycles. The van der Waals surface area contributed by atoms with Gasteiger partial charge >= 0.3 is 5.97 Å². The van der Waals surface area contributed by atoms with Crippen molar-refractivity contribution in [2.45, 2.75) is 84.3 Å². The molecule has 1 N–H and O–H groups in total. The minimum atomic E-state index is -0.503. The van der Waals surface area contributed by atoms with E-state index in [9.17, 15) is 14.4 Å². The maximum Gasteiger partial charge on any atom is 0.360 e. The van der Waals surface area contributed by atoms with Gasteiger partial charge in [0.15, 0.2) is 5.69 Å². The van der Waals surface area contributed by atoms with Crippen molar-refractivity contribution in [3.8, 4) is 0 Å². The van der Waals surface area contributed by atoms with Gasteiger partial charge in [-0.15, -0.1) is 0 Å². The summed E-state index contributed by atoms with van der Waals surface area (Å²) in [5, 5.41) is 3.25. The number of fused-ring (bicyclic) bond motifs is 4. The van der Waals surface area contributed by atoms with Crippen molar-refractivity contribution in [3.63, 3.8) is 0 Å². The standard InChI is InChI=1S/C27H42N4O5/c1-17(2)21-9-8-18(3)10-26(33)31-13-19-11-20(23(31)6-5-7-24(32)28-21)14-30(12-19)15-25-29-22(16-36-25)27(34)35-4/h16-21,23H,5-15H2,1-4H3,(H,28,32)/t18-,19+,20-,21+,23+/m1/s1. The average Bonchev–Trinajstić information content (AvgIpc) is 3.30. The lowest BCUT2D eigenvalue weighted by atomic mass is 9.77. The number of esters is 1. The Bertz CT molecular complexity index is 931. The molecule has 0 saturated carbocycles. The van der Waals surface area contributed by atoms with Gasteiger partial charge in [0.05, 0.1) is 13.7 Å². The fourth-order valence-corrected chi connectivity index (χ4v) is 6.31. The molecule has 2 bridgehead atoms. The smallest absolute Gasteiger partial charge is 0.360 e. The third kappa shape index (κ3) is 6.47. The first kappa shape index (κ1) is 26.6. The number of rotatable bonds is 4. The van der Waals surface area contributed by atoms with Crippen molar-refractivity contribution in [2.75, 3.05) is 26.7 Å². The van der Waals surface area contributed by atoms with Gasteiger partial charge in [0.2, 0.25) is 17.7 Å². The number of nitrogens with one attached hydrogen (secondary N) is 1. The lowest BCUT2D eigenvalue weighted by molar-refractivity contribution is -0.142. The highest BCUT2D eigenvalue weighted by Gasteiger charge is 2.42. The second-order valence-electron chi connectivity index (χ2n) is 11.5. The van der Waals surface area contributed by atoms with Crippen LogP contribution in [0.1, 0.15) is 82.1 Å². The summed E-state index contributed by atoms with van der Waals surface area (Å²) in [6.45, 7) is 9.48. The predicted molar refractivity (Wildman–Crippen MR) is 134 cm³/mol. The van der Waals surface area contributed by atoms with Crippen molar-refractivity contribution in [3.05, 3.63) is 17.8 Å². The molecule has 1 aromatic heterocycles. The molecule has 5 atom stereocenters. The van der Waals surface area contributed by atoms with Crippen molar-refractivity contribution in [2.24, 2.45) is 23.7 Å². The van der Waals surface area contributed by atoms with Crippen LogP contribution in [0.3, 0.4) is 0 Å². The molecule has 3 aliphatic rings. The normalized spacial score (nSPS) is 30.6. The van der Waals surface area contributed by atoms with Crippen molar-refractivity contribution in [1.82, 2.24) is 20.1 Å². The van der Waals surface area contributed by atoms with Gasteiger partial charge in [0.25, 0.3) is 0 Å². The van der Waals surface area contributed by atoms with E-state index in [0.29, 0.717) is 48.9 Å². The summed E-state index contributed by atoms with van der Waals surface area (Å²) in [6.07, 6.45) is 7.01. The van der Waals surface area contributed by atoms with Crippen molar-refractivity contribution < 1.29 is 23.5 Å². The van der Waals surface area contributed by atoms with E-state index in [-0.39, 0.29) is 29.6 Å². The molecule has 0 radical (unpaired) electrons. The van der Waals surface area contributed by atoms with E-state index >= 15 is 0 Å². The fourth-order valence-electron chi connectivity index (χ4n) is 6.31. The van der Waals surface area contributed by atoms with Crippen LogP contribution in [0.2, 0.25) is 0 Å². The van der Waals surface area contributed by atoms with Crippen LogP contribution < -0.4 is 5.32 Å². The number of likely N-dealkylation sites (tertiary alicyclic amines) is 1. The van der Waals surface area contributed by atoms with Gasteiger partial charge in [0.1, 0.15) is 6.26 Å². The van der Waals surface area contributed by atoms with Crippen LogP contribution in [-0.4, -0.2) is 71.4 Å². The van der Waals surface area contributed by atoms with E-state index in [1.54, 1.807) is 0 Å². The summed E-state index contributed by atoms with van der Waals surface area (Å²) in [7, 11) is 1.33. The quantitative estimate of drug-likeness (QED) is 0.630. The monoisotopic (exact) mass is 502 g/mol. The maximum atomic E-state index is 13.5. The molecule has 4 rings (SSSR count). The second-order valence-corrected chi connectivity index (χ2v) is 11.5. The molecule has 0 aliphatic carbocycles. The Hall–Kier alpha value is -2.42. The molecule has 200 valence electrons. The number of ether oxygens (including phenoxy) is 1. The van der Waals surface area contributed by atoms with Crippen LogP contribution >= 0.6 is 0 Å². The molecule has 9 heteroatoms. The summed E-state index contributed by atoms with van der Waals surface area (Å²) in [5.74, 6) is 1.82. The van der Waals surface area contributed by atoms with E-state index in [4.69, 9.17) is 9.15 Å². The number of hydrogen-bond acceptors (Lipinski definition) is 7. The first-order valence-corrected chi connectivity index (χ1v) is 13.6. The lowest BCUT2D eigenvalue weighted by Gasteiger charge is -2.51. The summed E-state index contributed by atoms with van der Waals surface area (Å²) in [4.78, 5) is 46.7. The third-order valence-electron chi connectivity index (χ3n) is 8.22. The molecule has 0 spiro atoms. The number of methoxy groups -OCH3 is 1. The Labute approximate surface area is 214 Å². The number of oxazole rings is 1. The van der Waals surface area contributed by atoms with Gasteiger partial charge in [-0.1, -0.05) is 20.8 Å². The van der Waals surface area contributed by atoms with Crippen molar-refractivity contribution in [1.29, 1.82) is 0 Å². The van der Waals surface area contributed by atoms with E-state index in [2.05, 4.69) is 40.9 Å². The number of hydrogen-bond donors (Lipinski definition) is 1. The van der Waals surface area contributed by atoms with Crippen molar-refractivity contribution >= 4 is 17.8 Å². The van der Waals surface area contributed by atoms with Gasteiger partial charge in [-0.2, -0.15) is 0 Å². The van der Waals surface area contributed by atoms with Crippen LogP contribution in [-0.2, 0) is 20.9 Å². The molecule has 0 unspecified atom stereocenters. The van der Waals surface area contributed by atoms with Gasteiger partial charge < -0.3 is 19.4 Å². The summed E-state index contributed by atoms with van der Waals surface area (Å²) in [6, 6.07) is 0.314. The SMILES string of the molecule is COC(=O)c1coc(CN2C[C@@H]3C[C@H](C2)[C@@H]2CCCC(=O)N[C@H](C(C)C)CC[C@@H](C)CC(=O)N2C3)n1. The molecule has 3 saturated heterocycles. The first-order chi connectivity index (χ1) is 17.2. The number of nitrogens with zero attached hydrogens (tertiary/aromatic N) is 3. The van der Waals surface area contributed by atoms with Crippen LogP contribution in [0.5, 0.6) is 0 Å². The van der Waals surface area contributed by atoms with E-state index < -0.39 is 5.97 Å². The number of aromatic nitrogens is 1. The van der Waals surface area contributed by atoms with Gasteiger partial charge in [-0.3, -0.25) is 14.5 Å². The van der Waals surface area contributed by atoms with E-state index in [0.717, 1.165) is 51.7 Å². The van der Waals surface area contributed by atoms with Gasteiger partial charge in [-0.05, 0) is 55.8 Å². The highest BCUT2D eigenvalue weighted by Crippen LogP contribution is 2.37. The minimum Gasteiger partial charge on any atom is -0.464 e. The third-order valence-corrected chi connectivity index (χ3v) is 8.22. The van der Waals surface area contributed by atoms with Crippen LogP contribution in [0, 0.1) is 23.7 Å². The number of carbonyl (C=O) groups excluding carboxylic acids is 3. The van der Waals surface area contributed by atoms with Gasteiger partial charge in [-0.25, -0.2) is 9.78 Å². The Morgan fingerprint density at radius 1 is 1.22 bits per heavy atom. The highest BCUT2D eigenvalue weighted by molar-refractivity contribution is 5.86. The largest absolute Gasteiger partial charge is 0.464 e. The molecular weight excluding hydrogens is 460 g/mol. The number of amides is 2. The Morgan fingerprint density at radius 3 is 2.78 bits per heavy atom. The topological polar surface area (TPSA) is 105 Å². The fraction of sp³-hybridized carbons (Fsp3) is 0.778. The molecular formula is C27H42N4O5. The summed E-state index contributed by atoms with van der Waals surface area (Å²) in [5.41, 5.74) is 0.184. The molecule has 3 fully saturated rings. The van der Waals surface area contributed by atoms with Crippen LogP contribution in [0.15, 0.2) is 10.7 Å². The summed E-state index contributed by atoms with van der Waals surface area (Å²) < 4.78 is 10.3. The van der Waals surface area contributed by atoms with Crippen LogP contribution in [0.25, 0.3) is 0 Å². The average molecular weight is 503 g/mol. The molecule has 0 aromatic carbocycles. The summed E-state index contributed by atoms with van der Waals surface area (Å²) >= 11 is 0. The number of piperidine rings is 2. The Balaban J connectivity index is 1.45. The predicted octanol–water partition coefficient (Wildman–Crippen LogP) is 3.24.